The minimum atomic E-state index is -0.276. The molecule has 5 heteroatoms. The number of nitrogens with two attached hydrogens (primary N) is 1. The van der Waals surface area contributed by atoms with Crippen LogP contribution in [0.2, 0.25) is 0 Å². The van der Waals surface area contributed by atoms with Crippen LogP contribution in [-0.4, -0.2) is 9.55 Å². The average molecular weight is 298 g/mol. The molecule has 17 heavy (non-hydrogen) atoms. The third kappa shape index (κ3) is 1.48. The standard InChI is InChI=1S/C12H13BrFN3/c1-12(3-2-4-12)17-10-6-8(14)7(13)5-9(10)16-11(17)15/h5-6H,2-4H2,1H3,(H2,15,16). The van der Waals surface area contributed by atoms with Gasteiger partial charge in [-0.3, -0.25) is 0 Å². The molecule has 3 nitrogen and oxygen atoms in total. The van der Waals surface area contributed by atoms with E-state index < -0.39 is 0 Å². The number of halogens is 2. The van der Waals surface area contributed by atoms with Crippen molar-refractivity contribution in [3.63, 3.8) is 0 Å². The summed E-state index contributed by atoms with van der Waals surface area (Å²) >= 11 is 3.17. The molecule has 0 spiro atoms. The van der Waals surface area contributed by atoms with Gasteiger partial charge in [-0.1, -0.05) is 0 Å². The van der Waals surface area contributed by atoms with Gasteiger partial charge in [0.25, 0.3) is 0 Å². The summed E-state index contributed by atoms with van der Waals surface area (Å²) in [6.45, 7) is 2.15. The molecule has 1 heterocycles. The van der Waals surface area contributed by atoms with Crippen LogP contribution in [0.25, 0.3) is 11.0 Å². The molecule has 2 aromatic rings. The Kier molecular flexibility index (Phi) is 2.23. The molecule has 1 fully saturated rings. The first-order valence-corrected chi connectivity index (χ1v) is 6.44. The number of nitrogen functional groups attached to an aromatic ring is 1. The highest BCUT2D eigenvalue weighted by molar-refractivity contribution is 9.10. The van der Waals surface area contributed by atoms with E-state index in [-0.39, 0.29) is 11.4 Å². The van der Waals surface area contributed by atoms with Gasteiger partial charge in [-0.2, -0.15) is 0 Å². The second kappa shape index (κ2) is 3.45. The van der Waals surface area contributed by atoms with E-state index in [2.05, 4.69) is 27.8 Å². The molecule has 0 bridgehead atoms. The first-order chi connectivity index (χ1) is 8.01. The van der Waals surface area contributed by atoms with Crippen LogP contribution in [0.5, 0.6) is 0 Å². The average Bonchev–Trinajstić information content (AvgIpc) is 2.52. The maximum Gasteiger partial charge on any atom is 0.201 e. The van der Waals surface area contributed by atoms with Gasteiger partial charge in [-0.25, -0.2) is 9.37 Å². The zero-order valence-corrected chi connectivity index (χ0v) is 11.1. The number of hydrogen-bond donors (Lipinski definition) is 1. The van der Waals surface area contributed by atoms with Crippen LogP contribution in [0.15, 0.2) is 16.6 Å². The summed E-state index contributed by atoms with van der Waals surface area (Å²) in [6, 6.07) is 3.19. The van der Waals surface area contributed by atoms with E-state index >= 15 is 0 Å². The van der Waals surface area contributed by atoms with Gasteiger partial charge in [0.1, 0.15) is 5.82 Å². The minimum Gasteiger partial charge on any atom is -0.369 e. The first kappa shape index (κ1) is 11.0. The summed E-state index contributed by atoms with van der Waals surface area (Å²) in [5.74, 6) is 0.196. The van der Waals surface area contributed by atoms with Crippen LogP contribution in [0.1, 0.15) is 26.2 Å². The maximum atomic E-state index is 13.6. The third-order valence-electron chi connectivity index (χ3n) is 3.69. The summed E-state index contributed by atoms with van der Waals surface area (Å²) in [7, 11) is 0. The highest BCUT2D eigenvalue weighted by atomic mass is 79.9. The predicted molar refractivity (Wildman–Crippen MR) is 69.3 cm³/mol. The molecule has 2 N–H and O–H groups in total. The lowest BCUT2D eigenvalue weighted by atomic mass is 9.78. The number of benzene rings is 1. The van der Waals surface area contributed by atoms with Gasteiger partial charge in [0.05, 0.1) is 15.5 Å². The number of hydrogen-bond acceptors (Lipinski definition) is 2. The van der Waals surface area contributed by atoms with Crippen molar-refractivity contribution in [3.8, 4) is 0 Å². The highest BCUT2D eigenvalue weighted by Crippen LogP contribution is 2.42. The van der Waals surface area contributed by atoms with E-state index in [9.17, 15) is 4.39 Å². The monoisotopic (exact) mass is 297 g/mol. The number of imidazole rings is 1. The molecule has 0 saturated heterocycles. The summed E-state index contributed by atoms with van der Waals surface area (Å²) in [6.07, 6.45) is 3.33. The molecular formula is C12H13BrFN3. The van der Waals surface area contributed by atoms with E-state index in [1.807, 2.05) is 4.57 Å². The van der Waals surface area contributed by atoms with Gasteiger partial charge in [0.2, 0.25) is 5.95 Å². The van der Waals surface area contributed by atoms with Crippen molar-refractivity contribution in [2.24, 2.45) is 0 Å². The Labute approximate surface area is 107 Å². The minimum absolute atomic E-state index is 0.000890. The number of rotatable bonds is 1. The second-order valence-electron chi connectivity index (χ2n) is 4.91. The van der Waals surface area contributed by atoms with Gasteiger partial charge in [0, 0.05) is 11.6 Å². The predicted octanol–water partition coefficient (Wildman–Crippen LogP) is 3.42. The molecule has 3 rings (SSSR count). The van der Waals surface area contributed by atoms with Gasteiger partial charge < -0.3 is 10.3 Å². The lowest BCUT2D eigenvalue weighted by molar-refractivity contribution is 0.177. The number of fused-ring (bicyclic) bond motifs is 1. The molecular weight excluding hydrogens is 285 g/mol. The fourth-order valence-electron chi connectivity index (χ4n) is 2.57. The van der Waals surface area contributed by atoms with Gasteiger partial charge in [0.15, 0.2) is 0 Å². The lowest BCUT2D eigenvalue weighted by Gasteiger charge is -2.40. The Bertz CT molecular complexity index is 601. The van der Waals surface area contributed by atoms with Crippen LogP contribution in [0.3, 0.4) is 0 Å². The Hall–Kier alpha value is -1.10. The van der Waals surface area contributed by atoms with Crippen LogP contribution in [-0.2, 0) is 5.54 Å². The highest BCUT2D eigenvalue weighted by Gasteiger charge is 2.36. The Morgan fingerprint density at radius 1 is 1.47 bits per heavy atom. The molecule has 0 unspecified atom stereocenters. The van der Waals surface area contributed by atoms with Gasteiger partial charge >= 0.3 is 0 Å². The molecule has 1 aromatic carbocycles. The summed E-state index contributed by atoms with van der Waals surface area (Å²) < 4.78 is 16.0. The van der Waals surface area contributed by atoms with E-state index in [0.717, 1.165) is 23.9 Å². The van der Waals surface area contributed by atoms with Crippen molar-refractivity contribution in [2.45, 2.75) is 31.7 Å². The molecule has 0 aliphatic heterocycles. The molecule has 1 aliphatic rings. The van der Waals surface area contributed by atoms with Crippen LogP contribution >= 0.6 is 15.9 Å². The number of nitrogens with zero attached hydrogens (tertiary/aromatic N) is 2. The molecule has 1 saturated carbocycles. The maximum absolute atomic E-state index is 13.6. The summed E-state index contributed by atoms with van der Waals surface area (Å²) in [5.41, 5.74) is 7.48. The van der Waals surface area contributed by atoms with Gasteiger partial charge in [-0.15, -0.1) is 0 Å². The smallest absolute Gasteiger partial charge is 0.201 e. The second-order valence-corrected chi connectivity index (χ2v) is 5.77. The number of anilines is 1. The first-order valence-electron chi connectivity index (χ1n) is 5.65. The molecule has 0 atom stereocenters. The van der Waals surface area contributed by atoms with Crippen molar-refractivity contribution in [2.75, 3.05) is 5.73 Å². The van der Waals surface area contributed by atoms with Crippen molar-refractivity contribution in [1.29, 1.82) is 0 Å². The normalized spacial score (nSPS) is 18.3. The Morgan fingerprint density at radius 2 is 2.18 bits per heavy atom. The molecule has 1 aromatic heterocycles. The zero-order chi connectivity index (χ0) is 12.2. The summed E-state index contributed by atoms with van der Waals surface area (Å²) in [5, 5.41) is 0. The summed E-state index contributed by atoms with van der Waals surface area (Å²) in [4.78, 5) is 4.31. The Balaban J connectivity index is 2.30. The van der Waals surface area contributed by atoms with Crippen LogP contribution in [0, 0.1) is 5.82 Å². The lowest BCUT2D eigenvalue weighted by Crippen LogP contribution is -2.37. The van der Waals surface area contributed by atoms with Crippen molar-refractivity contribution in [3.05, 3.63) is 22.4 Å². The fraction of sp³-hybridized carbons (Fsp3) is 0.417. The van der Waals surface area contributed by atoms with Crippen LogP contribution in [0.4, 0.5) is 10.3 Å². The van der Waals surface area contributed by atoms with Crippen molar-refractivity contribution in [1.82, 2.24) is 9.55 Å². The van der Waals surface area contributed by atoms with Gasteiger partial charge in [-0.05, 0) is 48.2 Å². The topological polar surface area (TPSA) is 43.8 Å². The van der Waals surface area contributed by atoms with Crippen molar-refractivity contribution < 1.29 is 4.39 Å². The van der Waals surface area contributed by atoms with Crippen LogP contribution < -0.4 is 5.73 Å². The van der Waals surface area contributed by atoms with E-state index in [1.54, 1.807) is 6.07 Å². The SMILES string of the molecule is CC1(n2c(N)nc3cc(Br)c(F)cc32)CCC1. The molecule has 90 valence electrons. The van der Waals surface area contributed by atoms with E-state index in [4.69, 9.17) is 5.73 Å². The number of aromatic nitrogens is 2. The fourth-order valence-corrected chi connectivity index (χ4v) is 2.90. The zero-order valence-electron chi connectivity index (χ0n) is 9.50. The van der Waals surface area contributed by atoms with Crippen molar-refractivity contribution >= 4 is 32.9 Å². The van der Waals surface area contributed by atoms with E-state index in [0.29, 0.717) is 10.4 Å². The quantitative estimate of drug-likeness (QED) is 0.876. The Morgan fingerprint density at radius 3 is 2.76 bits per heavy atom. The molecule has 0 amide bonds. The van der Waals surface area contributed by atoms with E-state index in [1.165, 1.54) is 12.5 Å². The largest absolute Gasteiger partial charge is 0.369 e. The molecule has 0 radical (unpaired) electrons. The molecule has 1 aliphatic carbocycles. The third-order valence-corrected chi connectivity index (χ3v) is 4.30.